The van der Waals surface area contributed by atoms with Gasteiger partial charge < -0.3 is 10.9 Å². The molecule has 0 saturated carbocycles. The van der Waals surface area contributed by atoms with E-state index in [1.165, 1.54) is 12.1 Å². The van der Waals surface area contributed by atoms with Crippen LogP contribution in [0, 0.1) is 12.7 Å². The van der Waals surface area contributed by atoms with E-state index in [0.717, 1.165) is 10.4 Å². The van der Waals surface area contributed by atoms with Gasteiger partial charge in [0.05, 0.1) is 11.4 Å². The van der Waals surface area contributed by atoms with Crippen molar-refractivity contribution < 1.29 is 18.0 Å². The van der Waals surface area contributed by atoms with Gasteiger partial charge >= 0.3 is 0 Å². The minimum absolute atomic E-state index is 0.128. The van der Waals surface area contributed by atoms with Crippen molar-refractivity contribution in [3.8, 4) is 0 Å². The predicted octanol–water partition coefficient (Wildman–Crippen LogP) is 1.28. The molecule has 0 aliphatic carbocycles. The van der Waals surface area contributed by atoms with E-state index in [9.17, 15) is 12.8 Å². The maximum absolute atomic E-state index is 13.3. The van der Waals surface area contributed by atoms with Crippen molar-refractivity contribution in [2.75, 3.05) is 6.54 Å². The Hall–Kier alpha value is -1.67. The molecule has 0 heterocycles. The SMILES string of the molecule is Cc1ccc(F)cc1S(=O)(=O)N(CC(N)=NO)C(C)C. The lowest BCUT2D eigenvalue weighted by Crippen LogP contribution is -2.43. The van der Waals surface area contributed by atoms with Crippen LogP contribution in [0.15, 0.2) is 28.3 Å². The van der Waals surface area contributed by atoms with Crippen LogP contribution in [0.5, 0.6) is 0 Å². The van der Waals surface area contributed by atoms with Gasteiger partial charge in [0.2, 0.25) is 10.0 Å². The minimum Gasteiger partial charge on any atom is -0.409 e. The topological polar surface area (TPSA) is 96.0 Å². The monoisotopic (exact) mass is 303 g/mol. The molecule has 1 rings (SSSR count). The Morgan fingerprint density at radius 2 is 2.10 bits per heavy atom. The Morgan fingerprint density at radius 1 is 1.50 bits per heavy atom. The molecule has 8 heteroatoms. The summed E-state index contributed by atoms with van der Waals surface area (Å²) in [6.07, 6.45) is 0. The summed E-state index contributed by atoms with van der Waals surface area (Å²) < 4.78 is 39.5. The average molecular weight is 303 g/mol. The maximum Gasteiger partial charge on any atom is 0.244 e. The van der Waals surface area contributed by atoms with Gasteiger partial charge in [0.1, 0.15) is 5.82 Å². The fraction of sp³-hybridized carbons (Fsp3) is 0.417. The number of benzene rings is 1. The van der Waals surface area contributed by atoms with E-state index in [1.54, 1.807) is 20.8 Å². The van der Waals surface area contributed by atoms with Gasteiger partial charge in [0, 0.05) is 6.04 Å². The molecule has 0 amide bonds. The van der Waals surface area contributed by atoms with Gasteiger partial charge in [-0.2, -0.15) is 4.31 Å². The quantitative estimate of drug-likeness (QED) is 0.371. The second-order valence-corrected chi connectivity index (χ2v) is 6.50. The van der Waals surface area contributed by atoms with Crippen LogP contribution in [0.4, 0.5) is 4.39 Å². The number of aryl methyl sites for hydroxylation is 1. The molecule has 20 heavy (non-hydrogen) atoms. The van der Waals surface area contributed by atoms with E-state index in [-0.39, 0.29) is 17.3 Å². The van der Waals surface area contributed by atoms with E-state index in [1.807, 2.05) is 0 Å². The minimum atomic E-state index is -3.94. The Kier molecular flexibility index (Phi) is 5.07. The molecular formula is C12H18FN3O3S. The van der Waals surface area contributed by atoms with E-state index < -0.39 is 21.9 Å². The van der Waals surface area contributed by atoms with Crippen molar-refractivity contribution in [1.82, 2.24) is 4.31 Å². The summed E-state index contributed by atoms with van der Waals surface area (Å²) in [7, 11) is -3.94. The molecule has 3 N–H and O–H groups in total. The average Bonchev–Trinajstić information content (AvgIpc) is 2.37. The first kappa shape index (κ1) is 16.4. The van der Waals surface area contributed by atoms with E-state index in [2.05, 4.69) is 5.16 Å². The second kappa shape index (κ2) is 6.19. The van der Waals surface area contributed by atoms with Gasteiger partial charge in [-0.15, -0.1) is 0 Å². The first-order chi connectivity index (χ1) is 9.20. The number of amidine groups is 1. The largest absolute Gasteiger partial charge is 0.409 e. The fourth-order valence-electron chi connectivity index (χ4n) is 1.71. The molecule has 0 unspecified atom stereocenters. The van der Waals surface area contributed by atoms with Crippen LogP contribution in [0.1, 0.15) is 19.4 Å². The maximum atomic E-state index is 13.3. The number of sulfonamides is 1. The highest BCUT2D eigenvalue weighted by atomic mass is 32.2. The zero-order chi connectivity index (χ0) is 15.5. The van der Waals surface area contributed by atoms with Gasteiger partial charge in [-0.1, -0.05) is 11.2 Å². The molecule has 0 bridgehead atoms. The van der Waals surface area contributed by atoms with E-state index in [4.69, 9.17) is 10.9 Å². The Labute approximate surface area is 117 Å². The zero-order valence-electron chi connectivity index (χ0n) is 11.5. The van der Waals surface area contributed by atoms with Crippen molar-refractivity contribution >= 4 is 15.9 Å². The Bertz CT molecular complexity index is 614. The number of rotatable bonds is 5. The molecule has 0 saturated heterocycles. The summed E-state index contributed by atoms with van der Waals surface area (Å²) in [6, 6.07) is 3.12. The van der Waals surface area contributed by atoms with Crippen LogP contribution in [0.3, 0.4) is 0 Å². The van der Waals surface area contributed by atoms with Crippen LogP contribution in [-0.4, -0.2) is 36.4 Å². The third kappa shape index (κ3) is 3.45. The van der Waals surface area contributed by atoms with Crippen molar-refractivity contribution in [2.24, 2.45) is 10.9 Å². The molecule has 0 spiro atoms. The third-order valence-corrected chi connectivity index (χ3v) is 4.92. The first-order valence-electron chi connectivity index (χ1n) is 5.94. The molecule has 1 aromatic carbocycles. The molecule has 0 atom stereocenters. The van der Waals surface area contributed by atoms with Gasteiger partial charge in [0.25, 0.3) is 0 Å². The van der Waals surface area contributed by atoms with Gasteiger partial charge in [-0.25, -0.2) is 12.8 Å². The lowest BCUT2D eigenvalue weighted by Gasteiger charge is -2.26. The predicted molar refractivity (Wildman–Crippen MR) is 73.6 cm³/mol. The van der Waals surface area contributed by atoms with Crippen molar-refractivity contribution in [1.29, 1.82) is 0 Å². The number of hydrogen-bond acceptors (Lipinski definition) is 4. The number of nitrogens with zero attached hydrogens (tertiary/aromatic N) is 2. The lowest BCUT2D eigenvalue weighted by atomic mass is 10.2. The van der Waals surface area contributed by atoms with Gasteiger partial charge in [0.15, 0.2) is 5.84 Å². The Morgan fingerprint density at radius 3 is 2.60 bits per heavy atom. The molecule has 0 radical (unpaired) electrons. The smallest absolute Gasteiger partial charge is 0.244 e. The lowest BCUT2D eigenvalue weighted by molar-refractivity contribution is 0.312. The first-order valence-corrected chi connectivity index (χ1v) is 7.38. The summed E-state index contributed by atoms with van der Waals surface area (Å²) in [5, 5.41) is 11.4. The number of oxime groups is 1. The molecule has 0 aromatic heterocycles. The second-order valence-electron chi connectivity index (χ2n) is 4.65. The number of nitrogens with two attached hydrogens (primary N) is 1. The highest BCUT2D eigenvalue weighted by molar-refractivity contribution is 7.89. The van der Waals surface area contributed by atoms with Crippen molar-refractivity contribution in [3.63, 3.8) is 0 Å². The molecule has 0 fully saturated rings. The van der Waals surface area contributed by atoms with Crippen molar-refractivity contribution in [2.45, 2.75) is 31.7 Å². The van der Waals surface area contributed by atoms with Gasteiger partial charge in [-0.3, -0.25) is 0 Å². The molecule has 6 nitrogen and oxygen atoms in total. The summed E-state index contributed by atoms with van der Waals surface area (Å²) in [5.41, 5.74) is 5.80. The fourth-order valence-corrected chi connectivity index (χ4v) is 3.56. The summed E-state index contributed by atoms with van der Waals surface area (Å²) >= 11 is 0. The van der Waals surface area contributed by atoms with Crippen LogP contribution < -0.4 is 5.73 Å². The van der Waals surface area contributed by atoms with E-state index >= 15 is 0 Å². The number of hydrogen-bond donors (Lipinski definition) is 2. The summed E-state index contributed by atoms with van der Waals surface area (Å²) in [4.78, 5) is -0.128. The Balaban J connectivity index is 3.33. The number of halogens is 1. The van der Waals surface area contributed by atoms with Crippen LogP contribution in [0.25, 0.3) is 0 Å². The van der Waals surface area contributed by atoms with Crippen molar-refractivity contribution in [3.05, 3.63) is 29.6 Å². The van der Waals surface area contributed by atoms with Crippen LogP contribution in [-0.2, 0) is 10.0 Å². The molecule has 0 aliphatic rings. The van der Waals surface area contributed by atoms with Crippen LogP contribution in [0.2, 0.25) is 0 Å². The molecule has 1 aromatic rings. The highest BCUT2D eigenvalue weighted by Crippen LogP contribution is 2.22. The molecule has 0 aliphatic heterocycles. The summed E-state index contributed by atoms with van der Waals surface area (Å²) in [6.45, 7) is 4.61. The van der Waals surface area contributed by atoms with Gasteiger partial charge in [-0.05, 0) is 38.5 Å². The molecular weight excluding hydrogens is 285 g/mol. The third-order valence-electron chi connectivity index (χ3n) is 2.76. The van der Waals surface area contributed by atoms with Crippen LogP contribution >= 0.6 is 0 Å². The highest BCUT2D eigenvalue weighted by Gasteiger charge is 2.29. The standard InChI is InChI=1S/C12H18FN3O3S/c1-8(2)16(7-12(14)15-17)20(18,19)11-6-10(13)5-4-9(11)3/h4-6,8,17H,7H2,1-3H3,(H2,14,15). The summed E-state index contributed by atoms with van der Waals surface area (Å²) in [5.74, 6) is -0.877. The van der Waals surface area contributed by atoms with E-state index in [0.29, 0.717) is 5.56 Å². The zero-order valence-corrected chi connectivity index (χ0v) is 12.4. The normalized spacial score (nSPS) is 13.2. The molecule has 112 valence electrons.